The summed E-state index contributed by atoms with van der Waals surface area (Å²) in [5, 5.41) is 5.61. The van der Waals surface area contributed by atoms with Gasteiger partial charge in [0.1, 0.15) is 0 Å². The van der Waals surface area contributed by atoms with Crippen molar-refractivity contribution in [3.63, 3.8) is 0 Å². The van der Waals surface area contributed by atoms with Gasteiger partial charge in [-0.3, -0.25) is 0 Å². The van der Waals surface area contributed by atoms with Crippen LogP contribution in [0.2, 0.25) is 5.02 Å². The van der Waals surface area contributed by atoms with Crippen molar-refractivity contribution >= 4 is 22.5 Å². The molecule has 0 saturated carbocycles. The second kappa shape index (κ2) is 6.99. The van der Waals surface area contributed by atoms with Crippen molar-refractivity contribution in [1.82, 2.24) is 9.88 Å². The Kier molecular flexibility index (Phi) is 4.81. The Morgan fingerprint density at radius 1 is 1.09 bits per heavy atom. The van der Waals surface area contributed by atoms with Gasteiger partial charge in [0.2, 0.25) is 0 Å². The number of nitrogens with one attached hydrogen (secondary N) is 1. The Hall–Kier alpha value is -1.77. The summed E-state index contributed by atoms with van der Waals surface area (Å²) in [5.41, 5.74) is 3.85. The van der Waals surface area contributed by atoms with E-state index in [0.717, 1.165) is 31.1 Å². The standard InChI is InChI=1S/C19H21ClN2/c1-2-10-21-12-16-14-22(19-9-4-3-8-18(16)19)13-15-6-5-7-17(20)11-15/h3-9,11,14,21H,2,10,12-13H2,1H3. The molecule has 0 bridgehead atoms. The van der Waals surface area contributed by atoms with Gasteiger partial charge in [-0.15, -0.1) is 0 Å². The fourth-order valence-electron chi connectivity index (χ4n) is 2.83. The lowest BCUT2D eigenvalue weighted by molar-refractivity contribution is 0.675. The van der Waals surface area contributed by atoms with Gasteiger partial charge in [-0.25, -0.2) is 0 Å². The van der Waals surface area contributed by atoms with E-state index in [-0.39, 0.29) is 0 Å². The van der Waals surface area contributed by atoms with Gasteiger partial charge in [0, 0.05) is 35.2 Å². The molecule has 114 valence electrons. The van der Waals surface area contributed by atoms with Gasteiger partial charge >= 0.3 is 0 Å². The third-order valence-electron chi connectivity index (χ3n) is 3.86. The van der Waals surface area contributed by atoms with E-state index in [9.17, 15) is 0 Å². The Morgan fingerprint density at radius 3 is 2.77 bits per heavy atom. The number of aromatic nitrogens is 1. The summed E-state index contributed by atoms with van der Waals surface area (Å²) < 4.78 is 2.31. The highest BCUT2D eigenvalue weighted by Gasteiger charge is 2.08. The van der Waals surface area contributed by atoms with Crippen LogP contribution in [0, 0.1) is 0 Å². The molecule has 0 amide bonds. The second-order valence-electron chi connectivity index (χ2n) is 5.61. The molecule has 0 fully saturated rings. The first-order chi connectivity index (χ1) is 10.8. The number of para-hydroxylation sites is 1. The Bertz CT molecular complexity index is 761. The van der Waals surface area contributed by atoms with Crippen LogP contribution in [0.1, 0.15) is 24.5 Å². The Morgan fingerprint density at radius 2 is 1.95 bits per heavy atom. The average Bonchev–Trinajstić information content (AvgIpc) is 2.86. The summed E-state index contributed by atoms with van der Waals surface area (Å²) in [7, 11) is 0. The first kappa shape index (κ1) is 15.1. The summed E-state index contributed by atoms with van der Waals surface area (Å²) in [6.07, 6.45) is 3.41. The van der Waals surface area contributed by atoms with Crippen LogP contribution in [0.5, 0.6) is 0 Å². The van der Waals surface area contributed by atoms with E-state index in [2.05, 4.69) is 53.3 Å². The number of nitrogens with zero attached hydrogens (tertiary/aromatic N) is 1. The first-order valence-electron chi connectivity index (χ1n) is 7.80. The maximum atomic E-state index is 6.10. The largest absolute Gasteiger partial charge is 0.343 e. The third kappa shape index (κ3) is 3.34. The summed E-state index contributed by atoms with van der Waals surface area (Å²) in [6.45, 7) is 5.00. The normalized spacial score (nSPS) is 11.2. The number of halogens is 1. The maximum Gasteiger partial charge on any atom is 0.0486 e. The average molecular weight is 313 g/mol. The summed E-state index contributed by atoms with van der Waals surface area (Å²) >= 11 is 6.10. The van der Waals surface area contributed by atoms with Crippen LogP contribution >= 0.6 is 11.6 Å². The van der Waals surface area contributed by atoms with E-state index in [0.29, 0.717) is 0 Å². The van der Waals surface area contributed by atoms with E-state index in [1.165, 1.54) is 22.0 Å². The summed E-state index contributed by atoms with van der Waals surface area (Å²) in [4.78, 5) is 0. The van der Waals surface area contributed by atoms with Crippen LogP contribution < -0.4 is 5.32 Å². The monoisotopic (exact) mass is 312 g/mol. The maximum absolute atomic E-state index is 6.10. The number of benzene rings is 2. The molecule has 1 N–H and O–H groups in total. The zero-order valence-electron chi connectivity index (χ0n) is 12.8. The lowest BCUT2D eigenvalue weighted by atomic mass is 10.2. The molecule has 0 unspecified atom stereocenters. The lowest BCUT2D eigenvalue weighted by Crippen LogP contribution is -2.13. The smallest absolute Gasteiger partial charge is 0.0486 e. The number of fused-ring (bicyclic) bond motifs is 1. The molecule has 1 aromatic heterocycles. The molecule has 1 heterocycles. The quantitative estimate of drug-likeness (QED) is 0.644. The molecule has 0 aliphatic rings. The molecule has 3 heteroatoms. The van der Waals surface area contributed by atoms with Gasteiger partial charge in [-0.2, -0.15) is 0 Å². The van der Waals surface area contributed by atoms with Gasteiger partial charge in [0.05, 0.1) is 0 Å². The molecule has 0 atom stereocenters. The molecule has 0 saturated heterocycles. The SMILES string of the molecule is CCCNCc1cn(Cc2cccc(Cl)c2)c2ccccc12. The van der Waals surface area contributed by atoms with Crippen molar-refractivity contribution in [2.45, 2.75) is 26.4 Å². The van der Waals surface area contributed by atoms with Crippen LogP contribution in [-0.2, 0) is 13.1 Å². The number of hydrogen-bond acceptors (Lipinski definition) is 1. The van der Waals surface area contributed by atoms with E-state index in [1.807, 2.05) is 18.2 Å². The van der Waals surface area contributed by atoms with E-state index in [1.54, 1.807) is 0 Å². The minimum Gasteiger partial charge on any atom is -0.343 e. The Labute approximate surface area is 136 Å². The highest BCUT2D eigenvalue weighted by atomic mass is 35.5. The summed E-state index contributed by atoms with van der Waals surface area (Å²) in [6, 6.07) is 16.7. The molecular weight excluding hydrogens is 292 g/mol. The van der Waals surface area contributed by atoms with Crippen molar-refractivity contribution in [3.8, 4) is 0 Å². The topological polar surface area (TPSA) is 17.0 Å². The minimum absolute atomic E-state index is 0.791. The van der Waals surface area contributed by atoms with Crippen LogP contribution in [0.3, 0.4) is 0 Å². The summed E-state index contributed by atoms with van der Waals surface area (Å²) in [5.74, 6) is 0. The minimum atomic E-state index is 0.791. The van der Waals surface area contributed by atoms with Crippen LogP contribution in [-0.4, -0.2) is 11.1 Å². The van der Waals surface area contributed by atoms with E-state index >= 15 is 0 Å². The van der Waals surface area contributed by atoms with Gasteiger partial charge in [0.25, 0.3) is 0 Å². The highest BCUT2D eigenvalue weighted by molar-refractivity contribution is 6.30. The fraction of sp³-hybridized carbons (Fsp3) is 0.263. The molecular formula is C19H21ClN2. The molecule has 0 aliphatic carbocycles. The molecule has 2 aromatic carbocycles. The van der Waals surface area contributed by atoms with Gasteiger partial charge in [0.15, 0.2) is 0 Å². The van der Waals surface area contributed by atoms with Crippen molar-refractivity contribution in [2.75, 3.05) is 6.54 Å². The number of hydrogen-bond donors (Lipinski definition) is 1. The van der Waals surface area contributed by atoms with Gasteiger partial charge in [-0.05, 0) is 42.3 Å². The Balaban J connectivity index is 1.92. The van der Waals surface area contributed by atoms with E-state index < -0.39 is 0 Å². The van der Waals surface area contributed by atoms with Crippen LogP contribution in [0.4, 0.5) is 0 Å². The zero-order valence-corrected chi connectivity index (χ0v) is 13.6. The predicted molar refractivity (Wildman–Crippen MR) is 94.5 cm³/mol. The predicted octanol–water partition coefficient (Wildman–Crippen LogP) is 4.84. The third-order valence-corrected chi connectivity index (χ3v) is 4.09. The molecule has 3 aromatic rings. The van der Waals surface area contributed by atoms with Crippen molar-refractivity contribution in [1.29, 1.82) is 0 Å². The number of rotatable bonds is 6. The molecule has 3 rings (SSSR count). The highest BCUT2D eigenvalue weighted by Crippen LogP contribution is 2.23. The first-order valence-corrected chi connectivity index (χ1v) is 8.17. The lowest BCUT2D eigenvalue weighted by Gasteiger charge is -2.06. The van der Waals surface area contributed by atoms with Crippen LogP contribution in [0.15, 0.2) is 54.7 Å². The fourth-order valence-corrected chi connectivity index (χ4v) is 3.04. The van der Waals surface area contributed by atoms with Crippen LogP contribution in [0.25, 0.3) is 10.9 Å². The molecule has 0 radical (unpaired) electrons. The van der Waals surface area contributed by atoms with Crippen molar-refractivity contribution in [3.05, 3.63) is 70.9 Å². The van der Waals surface area contributed by atoms with Crippen molar-refractivity contribution in [2.24, 2.45) is 0 Å². The van der Waals surface area contributed by atoms with Gasteiger partial charge < -0.3 is 9.88 Å². The second-order valence-corrected chi connectivity index (χ2v) is 6.04. The van der Waals surface area contributed by atoms with Gasteiger partial charge in [-0.1, -0.05) is 48.9 Å². The van der Waals surface area contributed by atoms with Crippen molar-refractivity contribution < 1.29 is 0 Å². The molecule has 2 nitrogen and oxygen atoms in total. The molecule has 0 spiro atoms. The van der Waals surface area contributed by atoms with E-state index in [4.69, 9.17) is 11.6 Å². The molecule has 0 aliphatic heterocycles. The molecule has 22 heavy (non-hydrogen) atoms. The zero-order chi connectivity index (χ0) is 15.4.